The van der Waals surface area contributed by atoms with Crippen molar-refractivity contribution in [3.8, 4) is 0 Å². The van der Waals surface area contributed by atoms with E-state index in [0.717, 1.165) is 0 Å². The molecule has 0 amide bonds. The van der Waals surface area contributed by atoms with Crippen molar-refractivity contribution >= 4 is 28.8 Å². The molecule has 0 unspecified atom stereocenters. The van der Waals surface area contributed by atoms with Crippen LogP contribution >= 0.6 is 0 Å². The SMILES string of the molecule is O=C1c2ccccc2C(=O)C12O[C@H](c1ccccc1)C1(C(=O)c3ccccc3C1=O)[C@@H]2c1ccc([N+](=O)[O-])cc1. The van der Waals surface area contributed by atoms with Crippen LogP contribution in [0.1, 0.15) is 64.6 Å². The van der Waals surface area contributed by atoms with E-state index in [2.05, 4.69) is 0 Å². The van der Waals surface area contributed by atoms with Gasteiger partial charge in [-0.2, -0.15) is 0 Å². The molecule has 8 heteroatoms. The van der Waals surface area contributed by atoms with Gasteiger partial charge in [0, 0.05) is 34.4 Å². The fourth-order valence-corrected chi connectivity index (χ4v) is 6.74. The zero-order valence-corrected chi connectivity index (χ0v) is 20.8. The molecule has 0 bridgehead atoms. The summed E-state index contributed by atoms with van der Waals surface area (Å²) < 4.78 is 6.58. The number of carbonyl (C=O) groups excluding carboxylic acids is 4. The van der Waals surface area contributed by atoms with Gasteiger partial charge in [0.05, 0.1) is 10.8 Å². The third kappa shape index (κ3) is 2.78. The molecule has 2 atom stereocenters. The van der Waals surface area contributed by atoms with E-state index >= 15 is 0 Å². The number of nitro groups is 1. The van der Waals surface area contributed by atoms with E-state index < -0.39 is 51.1 Å². The summed E-state index contributed by atoms with van der Waals surface area (Å²) in [5, 5.41) is 11.4. The highest BCUT2D eigenvalue weighted by Gasteiger charge is 2.79. The number of benzene rings is 4. The molecule has 8 nitrogen and oxygen atoms in total. The number of ether oxygens (including phenoxy) is 1. The molecule has 7 rings (SSSR count). The van der Waals surface area contributed by atoms with Gasteiger partial charge in [0.15, 0.2) is 11.6 Å². The maximum atomic E-state index is 14.6. The van der Waals surface area contributed by atoms with Crippen LogP contribution in [-0.4, -0.2) is 33.7 Å². The standard InChI is InChI=1S/C32H19NO7/c34-26-21-10-4-5-11-22(21)27(35)31(26)25(18-14-16-20(17-15-18)33(38)39)32(40-30(31)19-8-2-1-3-9-19)28(36)23-12-6-7-13-24(23)29(32)37/h1-17,25,30H/t25-,30+/m0/s1. The topological polar surface area (TPSA) is 121 Å². The molecule has 3 aliphatic rings. The lowest BCUT2D eigenvalue weighted by Gasteiger charge is -2.34. The van der Waals surface area contributed by atoms with Crippen LogP contribution in [0.4, 0.5) is 5.69 Å². The second-order valence-corrected chi connectivity index (χ2v) is 10.2. The molecular formula is C32H19NO7. The Hall–Kier alpha value is -5.08. The van der Waals surface area contributed by atoms with E-state index in [1.54, 1.807) is 66.7 Å². The molecule has 0 radical (unpaired) electrons. The predicted octanol–water partition coefficient (Wildman–Crippen LogP) is 5.33. The number of carbonyl (C=O) groups is 4. The number of nitrogens with zero attached hydrogens (tertiary/aromatic N) is 1. The molecule has 2 aliphatic carbocycles. The summed E-state index contributed by atoms with van der Waals surface area (Å²) in [6, 6.07) is 26.6. The van der Waals surface area contributed by atoms with Crippen LogP contribution in [0.5, 0.6) is 0 Å². The fourth-order valence-electron chi connectivity index (χ4n) is 6.74. The second kappa shape index (κ2) is 8.21. The first-order valence-corrected chi connectivity index (χ1v) is 12.7. The average molecular weight is 530 g/mol. The van der Waals surface area contributed by atoms with Crippen molar-refractivity contribution < 1.29 is 28.8 Å². The maximum Gasteiger partial charge on any atom is 0.269 e. The first-order valence-electron chi connectivity index (χ1n) is 12.7. The summed E-state index contributed by atoms with van der Waals surface area (Å²) >= 11 is 0. The fraction of sp³-hybridized carbons (Fsp3) is 0.125. The predicted molar refractivity (Wildman–Crippen MR) is 141 cm³/mol. The van der Waals surface area contributed by atoms with E-state index in [0.29, 0.717) is 5.56 Å². The number of Topliss-reactive ketones (excluding diaryl/α,β-unsaturated/α-hetero) is 4. The van der Waals surface area contributed by atoms with Gasteiger partial charge in [-0.25, -0.2) is 0 Å². The lowest BCUT2D eigenvalue weighted by atomic mass is 9.60. The lowest BCUT2D eigenvalue weighted by molar-refractivity contribution is -0.384. The van der Waals surface area contributed by atoms with Crippen molar-refractivity contribution in [2.24, 2.45) is 5.41 Å². The van der Waals surface area contributed by atoms with Crippen LogP contribution in [0.2, 0.25) is 0 Å². The Balaban J connectivity index is 1.58. The first-order chi connectivity index (χ1) is 19.3. The monoisotopic (exact) mass is 529 g/mol. The van der Waals surface area contributed by atoms with Crippen molar-refractivity contribution in [2.75, 3.05) is 0 Å². The highest BCUT2D eigenvalue weighted by atomic mass is 16.6. The number of nitro benzene ring substituents is 1. The van der Waals surface area contributed by atoms with Gasteiger partial charge < -0.3 is 4.74 Å². The van der Waals surface area contributed by atoms with Gasteiger partial charge in [-0.3, -0.25) is 29.3 Å². The van der Waals surface area contributed by atoms with Crippen molar-refractivity contribution in [1.82, 2.24) is 0 Å². The zero-order valence-electron chi connectivity index (χ0n) is 20.8. The van der Waals surface area contributed by atoms with Crippen molar-refractivity contribution in [2.45, 2.75) is 17.6 Å². The molecule has 40 heavy (non-hydrogen) atoms. The number of fused-ring (bicyclic) bond motifs is 2. The van der Waals surface area contributed by atoms with E-state index in [1.807, 2.05) is 0 Å². The summed E-state index contributed by atoms with van der Waals surface area (Å²) in [4.78, 5) is 68.6. The molecule has 0 N–H and O–H groups in total. The van der Waals surface area contributed by atoms with Crippen LogP contribution < -0.4 is 0 Å². The molecule has 0 aromatic heterocycles. The first kappa shape index (κ1) is 24.0. The van der Waals surface area contributed by atoms with E-state index in [-0.39, 0.29) is 33.5 Å². The van der Waals surface area contributed by atoms with Crippen molar-refractivity contribution in [3.05, 3.63) is 147 Å². The van der Waals surface area contributed by atoms with Crippen LogP contribution in [0.3, 0.4) is 0 Å². The molecule has 1 saturated heterocycles. The minimum absolute atomic E-state index is 0.138. The molecule has 194 valence electrons. The number of hydrogen-bond donors (Lipinski definition) is 0. The van der Waals surface area contributed by atoms with Crippen LogP contribution in [0.15, 0.2) is 103 Å². The minimum Gasteiger partial charge on any atom is -0.348 e. The summed E-state index contributed by atoms with van der Waals surface area (Å²) in [7, 11) is 0. The molecule has 2 spiro atoms. The van der Waals surface area contributed by atoms with E-state index in [9.17, 15) is 29.3 Å². The third-order valence-corrected chi connectivity index (χ3v) is 8.38. The van der Waals surface area contributed by atoms with Gasteiger partial charge in [0.25, 0.3) is 5.69 Å². The average Bonchev–Trinajstić information content (AvgIpc) is 3.52. The normalized spacial score (nSPS) is 21.7. The Kier molecular flexibility index (Phi) is 4.92. The Bertz CT molecular complexity index is 1720. The number of ketones is 4. The van der Waals surface area contributed by atoms with Crippen LogP contribution in [0, 0.1) is 15.5 Å². The number of non-ortho nitro benzene ring substituents is 1. The quantitative estimate of drug-likeness (QED) is 0.200. The summed E-state index contributed by atoms with van der Waals surface area (Å²) in [5.74, 6) is -3.81. The molecule has 4 aromatic rings. The molecular weight excluding hydrogens is 510 g/mol. The van der Waals surface area contributed by atoms with Gasteiger partial charge >= 0.3 is 0 Å². The third-order valence-electron chi connectivity index (χ3n) is 8.38. The Morgan fingerprint density at radius 3 is 1.50 bits per heavy atom. The summed E-state index contributed by atoms with van der Waals surface area (Å²) in [6.45, 7) is 0. The van der Waals surface area contributed by atoms with Crippen LogP contribution in [-0.2, 0) is 4.74 Å². The van der Waals surface area contributed by atoms with Crippen molar-refractivity contribution in [1.29, 1.82) is 0 Å². The van der Waals surface area contributed by atoms with Crippen molar-refractivity contribution in [3.63, 3.8) is 0 Å². The van der Waals surface area contributed by atoms with E-state index in [4.69, 9.17) is 4.74 Å². The zero-order chi connectivity index (χ0) is 27.8. The Morgan fingerprint density at radius 2 is 1.02 bits per heavy atom. The smallest absolute Gasteiger partial charge is 0.269 e. The number of hydrogen-bond acceptors (Lipinski definition) is 7. The summed E-state index contributed by atoms with van der Waals surface area (Å²) in [5.41, 5.74) is -3.15. The largest absolute Gasteiger partial charge is 0.348 e. The highest BCUT2D eigenvalue weighted by Crippen LogP contribution is 2.67. The Morgan fingerprint density at radius 1 is 0.575 bits per heavy atom. The number of rotatable bonds is 3. The molecule has 0 saturated carbocycles. The van der Waals surface area contributed by atoms with Gasteiger partial charge in [-0.1, -0.05) is 91.0 Å². The molecule has 4 aromatic carbocycles. The lowest BCUT2D eigenvalue weighted by Crippen LogP contribution is -2.51. The summed E-state index contributed by atoms with van der Waals surface area (Å²) in [6.07, 6.45) is -1.29. The highest BCUT2D eigenvalue weighted by molar-refractivity contribution is 6.37. The maximum absolute atomic E-state index is 14.6. The van der Waals surface area contributed by atoms with Gasteiger partial charge in [0.2, 0.25) is 17.2 Å². The minimum atomic E-state index is -2.24. The van der Waals surface area contributed by atoms with E-state index in [1.165, 1.54) is 36.4 Å². The van der Waals surface area contributed by atoms with Crippen LogP contribution in [0.25, 0.3) is 0 Å². The van der Waals surface area contributed by atoms with Gasteiger partial charge in [-0.05, 0) is 11.1 Å². The molecule has 1 fully saturated rings. The van der Waals surface area contributed by atoms with Gasteiger partial charge in [0.1, 0.15) is 11.5 Å². The molecule has 1 aliphatic heterocycles. The van der Waals surface area contributed by atoms with Gasteiger partial charge in [-0.15, -0.1) is 0 Å². The Labute approximate surface area is 227 Å². The second-order valence-electron chi connectivity index (χ2n) is 10.2. The molecule has 1 heterocycles.